The summed E-state index contributed by atoms with van der Waals surface area (Å²) in [6, 6.07) is 0. The quantitative estimate of drug-likeness (QED) is 0.466. The van der Waals surface area contributed by atoms with E-state index in [-0.39, 0.29) is 0 Å². The molecule has 4 atom stereocenters. The summed E-state index contributed by atoms with van der Waals surface area (Å²) < 4.78 is 5.51. The SMILES string of the molecule is C1CC2CC3OC3CC2C1. The van der Waals surface area contributed by atoms with Gasteiger partial charge in [-0.2, -0.15) is 0 Å². The Kier molecular flexibility index (Phi) is 0.984. The highest BCUT2D eigenvalue weighted by Crippen LogP contribution is 2.49. The Morgan fingerprint density at radius 2 is 1.50 bits per heavy atom. The van der Waals surface area contributed by atoms with Crippen LogP contribution < -0.4 is 0 Å². The van der Waals surface area contributed by atoms with Crippen molar-refractivity contribution in [2.75, 3.05) is 0 Å². The standard InChI is InChI=1S/C9H14O/c1-2-6-4-8-9(10-8)5-7(6)3-1/h6-9H,1-5H2. The molecule has 0 spiro atoms. The van der Waals surface area contributed by atoms with Gasteiger partial charge in [-0.05, 0) is 24.7 Å². The lowest BCUT2D eigenvalue weighted by Crippen LogP contribution is -2.19. The molecule has 0 aromatic heterocycles. The van der Waals surface area contributed by atoms with E-state index >= 15 is 0 Å². The number of hydrogen-bond donors (Lipinski definition) is 0. The third-order valence-electron chi connectivity index (χ3n) is 3.57. The van der Waals surface area contributed by atoms with E-state index in [0.717, 1.165) is 11.8 Å². The van der Waals surface area contributed by atoms with Crippen LogP contribution in [-0.4, -0.2) is 12.2 Å². The lowest BCUT2D eigenvalue weighted by atomic mass is 9.82. The fraction of sp³-hybridized carbons (Fsp3) is 1.00. The molecule has 56 valence electrons. The normalized spacial score (nSPS) is 57.6. The van der Waals surface area contributed by atoms with Gasteiger partial charge in [0.1, 0.15) is 0 Å². The molecule has 2 saturated carbocycles. The van der Waals surface area contributed by atoms with E-state index in [1.165, 1.54) is 32.1 Å². The third-order valence-corrected chi connectivity index (χ3v) is 3.57. The van der Waals surface area contributed by atoms with Gasteiger partial charge in [0.2, 0.25) is 0 Å². The maximum atomic E-state index is 5.51. The molecule has 4 unspecified atom stereocenters. The second kappa shape index (κ2) is 1.76. The van der Waals surface area contributed by atoms with Crippen LogP contribution in [0.5, 0.6) is 0 Å². The number of fused-ring (bicyclic) bond motifs is 2. The zero-order valence-electron chi connectivity index (χ0n) is 6.25. The Balaban J connectivity index is 1.78. The van der Waals surface area contributed by atoms with Crippen molar-refractivity contribution in [3.8, 4) is 0 Å². The minimum Gasteiger partial charge on any atom is -0.370 e. The summed E-state index contributed by atoms with van der Waals surface area (Å²) in [5.41, 5.74) is 0. The minimum atomic E-state index is 0.708. The third kappa shape index (κ3) is 0.672. The van der Waals surface area contributed by atoms with Crippen molar-refractivity contribution in [2.24, 2.45) is 11.8 Å². The van der Waals surface area contributed by atoms with Crippen LogP contribution in [0.15, 0.2) is 0 Å². The van der Waals surface area contributed by atoms with E-state index in [9.17, 15) is 0 Å². The molecule has 0 bridgehead atoms. The first kappa shape index (κ1) is 5.59. The second-order valence-corrected chi connectivity index (χ2v) is 4.14. The molecule has 0 aromatic carbocycles. The van der Waals surface area contributed by atoms with Gasteiger partial charge in [-0.1, -0.05) is 19.3 Å². The van der Waals surface area contributed by atoms with Crippen LogP contribution in [0.4, 0.5) is 0 Å². The van der Waals surface area contributed by atoms with E-state index in [1.807, 2.05) is 0 Å². The summed E-state index contributed by atoms with van der Waals surface area (Å²) in [6.07, 6.45) is 8.70. The Labute approximate surface area is 61.8 Å². The van der Waals surface area contributed by atoms with Crippen LogP contribution >= 0.6 is 0 Å². The molecule has 1 saturated heterocycles. The summed E-state index contributed by atoms with van der Waals surface area (Å²) in [5, 5.41) is 0. The van der Waals surface area contributed by atoms with E-state index in [1.54, 1.807) is 0 Å². The first-order chi connectivity index (χ1) is 4.93. The molecule has 3 aliphatic rings. The van der Waals surface area contributed by atoms with Gasteiger partial charge in [0.25, 0.3) is 0 Å². The van der Waals surface area contributed by atoms with Crippen molar-refractivity contribution in [2.45, 2.75) is 44.3 Å². The highest BCUT2D eigenvalue weighted by Gasteiger charge is 2.49. The van der Waals surface area contributed by atoms with E-state index in [4.69, 9.17) is 4.74 Å². The second-order valence-electron chi connectivity index (χ2n) is 4.14. The Morgan fingerprint density at radius 1 is 0.900 bits per heavy atom. The average molecular weight is 138 g/mol. The summed E-state index contributed by atoms with van der Waals surface area (Å²) in [6.45, 7) is 0. The number of ether oxygens (including phenoxy) is 1. The lowest BCUT2D eigenvalue weighted by molar-refractivity contribution is 0.309. The van der Waals surface area contributed by atoms with E-state index < -0.39 is 0 Å². The maximum absolute atomic E-state index is 5.51. The molecule has 1 heterocycles. The van der Waals surface area contributed by atoms with E-state index in [2.05, 4.69) is 0 Å². The zero-order valence-corrected chi connectivity index (χ0v) is 6.25. The summed E-state index contributed by atoms with van der Waals surface area (Å²) in [4.78, 5) is 0. The van der Waals surface area contributed by atoms with E-state index in [0.29, 0.717) is 12.2 Å². The van der Waals surface area contributed by atoms with Gasteiger partial charge < -0.3 is 4.74 Å². The lowest BCUT2D eigenvalue weighted by Gasteiger charge is -2.21. The molecule has 1 nitrogen and oxygen atoms in total. The molecular weight excluding hydrogens is 124 g/mol. The van der Waals surface area contributed by atoms with Gasteiger partial charge in [-0.25, -0.2) is 0 Å². The van der Waals surface area contributed by atoms with Crippen LogP contribution in [0.1, 0.15) is 32.1 Å². The number of epoxide rings is 1. The van der Waals surface area contributed by atoms with Crippen molar-refractivity contribution in [3.05, 3.63) is 0 Å². The fourth-order valence-corrected chi connectivity index (χ4v) is 2.92. The topological polar surface area (TPSA) is 12.5 Å². The van der Waals surface area contributed by atoms with Crippen LogP contribution in [0.3, 0.4) is 0 Å². The summed E-state index contributed by atoms with van der Waals surface area (Å²) in [7, 11) is 0. The largest absolute Gasteiger partial charge is 0.370 e. The molecule has 0 N–H and O–H groups in total. The van der Waals surface area contributed by atoms with Crippen molar-refractivity contribution < 1.29 is 4.74 Å². The molecular formula is C9H14O. The highest BCUT2D eigenvalue weighted by molar-refractivity contribution is 4.97. The molecule has 1 heteroatoms. The molecule has 3 fully saturated rings. The van der Waals surface area contributed by atoms with Crippen molar-refractivity contribution in [1.82, 2.24) is 0 Å². The van der Waals surface area contributed by atoms with Gasteiger partial charge in [0.05, 0.1) is 12.2 Å². The molecule has 10 heavy (non-hydrogen) atoms. The Hall–Kier alpha value is -0.0400. The van der Waals surface area contributed by atoms with Crippen molar-refractivity contribution in [1.29, 1.82) is 0 Å². The van der Waals surface area contributed by atoms with Gasteiger partial charge >= 0.3 is 0 Å². The predicted molar refractivity (Wildman–Crippen MR) is 38.7 cm³/mol. The van der Waals surface area contributed by atoms with Crippen LogP contribution in [0, 0.1) is 11.8 Å². The highest BCUT2D eigenvalue weighted by atomic mass is 16.6. The number of rotatable bonds is 0. The minimum absolute atomic E-state index is 0.708. The maximum Gasteiger partial charge on any atom is 0.0844 e. The van der Waals surface area contributed by atoms with Crippen molar-refractivity contribution in [3.63, 3.8) is 0 Å². The first-order valence-corrected chi connectivity index (χ1v) is 4.59. The molecule has 2 aliphatic carbocycles. The van der Waals surface area contributed by atoms with Gasteiger partial charge in [-0.3, -0.25) is 0 Å². The van der Waals surface area contributed by atoms with Gasteiger partial charge in [0.15, 0.2) is 0 Å². The molecule has 0 amide bonds. The number of hydrogen-bond acceptors (Lipinski definition) is 1. The molecule has 3 rings (SSSR count). The van der Waals surface area contributed by atoms with Crippen LogP contribution in [0.2, 0.25) is 0 Å². The Bertz CT molecular complexity index is 139. The molecule has 1 aliphatic heterocycles. The fourth-order valence-electron chi connectivity index (χ4n) is 2.92. The molecule has 0 aromatic rings. The van der Waals surface area contributed by atoms with Crippen LogP contribution in [-0.2, 0) is 4.74 Å². The Morgan fingerprint density at radius 3 is 2.10 bits per heavy atom. The van der Waals surface area contributed by atoms with Gasteiger partial charge in [0, 0.05) is 0 Å². The first-order valence-electron chi connectivity index (χ1n) is 4.59. The van der Waals surface area contributed by atoms with Crippen LogP contribution in [0.25, 0.3) is 0 Å². The predicted octanol–water partition coefficient (Wildman–Crippen LogP) is 1.96. The monoisotopic (exact) mass is 138 g/mol. The zero-order chi connectivity index (χ0) is 6.55. The molecule has 0 radical (unpaired) electrons. The average Bonchev–Trinajstić information content (AvgIpc) is 2.52. The van der Waals surface area contributed by atoms with Gasteiger partial charge in [-0.15, -0.1) is 0 Å². The smallest absolute Gasteiger partial charge is 0.0844 e. The van der Waals surface area contributed by atoms with Crippen molar-refractivity contribution >= 4 is 0 Å². The summed E-state index contributed by atoms with van der Waals surface area (Å²) in [5.74, 6) is 2.12. The summed E-state index contributed by atoms with van der Waals surface area (Å²) >= 11 is 0.